The van der Waals surface area contributed by atoms with Crippen molar-refractivity contribution in [3.8, 4) is 0 Å². The van der Waals surface area contributed by atoms with Crippen molar-refractivity contribution in [3.05, 3.63) is 28.2 Å². The topological polar surface area (TPSA) is 98.7 Å². The number of hydroxylamine groups is 1. The number of amides is 3. The minimum absolute atomic E-state index is 0.140. The number of hydrogen-bond acceptors (Lipinski definition) is 4. The molecule has 0 radical (unpaired) electrons. The highest BCUT2D eigenvalue weighted by atomic mass is 35.5. The number of alkyl halides is 1. The van der Waals surface area contributed by atoms with Gasteiger partial charge in [0, 0.05) is 12.2 Å². The van der Waals surface area contributed by atoms with Gasteiger partial charge in [0.05, 0.1) is 16.0 Å². The molecule has 3 amide bonds. The van der Waals surface area contributed by atoms with Crippen molar-refractivity contribution in [1.29, 1.82) is 0 Å². The minimum Gasteiger partial charge on any atom is -0.330 e. The smallest absolute Gasteiger partial charge is 0.278 e. The third kappa shape index (κ3) is 5.81. The first-order chi connectivity index (χ1) is 13.8. The van der Waals surface area contributed by atoms with E-state index in [0.717, 1.165) is 0 Å². The van der Waals surface area contributed by atoms with Crippen LogP contribution >= 0.6 is 23.2 Å². The molecule has 10 heteroatoms. The summed E-state index contributed by atoms with van der Waals surface area (Å²) in [4.78, 5) is 38.6. The highest BCUT2D eigenvalue weighted by Crippen LogP contribution is 2.28. The molecule has 2 rings (SSSR count). The van der Waals surface area contributed by atoms with Crippen LogP contribution < -0.4 is 10.8 Å². The van der Waals surface area contributed by atoms with Gasteiger partial charge in [-0.2, -0.15) is 0 Å². The molecule has 7 nitrogen and oxygen atoms in total. The Kier molecular flexibility index (Phi) is 8.67. The predicted octanol–water partition coefficient (Wildman–Crippen LogP) is 3.57. The summed E-state index contributed by atoms with van der Waals surface area (Å²) in [6.07, 6.45) is 0.180. The third-order valence-electron chi connectivity index (χ3n) is 4.93. The van der Waals surface area contributed by atoms with Crippen molar-refractivity contribution < 1.29 is 24.0 Å². The summed E-state index contributed by atoms with van der Waals surface area (Å²) >= 11 is 11.8. The van der Waals surface area contributed by atoms with E-state index in [2.05, 4.69) is 5.32 Å². The Morgan fingerprint density at radius 1 is 1.31 bits per heavy atom. The lowest BCUT2D eigenvalue weighted by Gasteiger charge is -2.29. The Hall–Kier alpha value is -1.90. The molecule has 0 aromatic heterocycles. The zero-order chi connectivity index (χ0) is 21.6. The Bertz CT molecular complexity index is 765. The lowest BCUT2D eigenvalue weighted by atomic mass is 9.94. The molecule has 3 atom stereocenters. The van der Waals surface area contributed by atoms with E-state index in [1.807, 2.05) is 6.92 Å². The van der Waals surface area contributed by atoms with Gasteiger partial charge in [-0.25, -0.2) is 9.87 Å². The first kappa shape index (κ1) is 23.4. The standard InChI is InChI=1S/C19H24Cl2FN3O4/c1-2-3-5-12(16(22)18(27)24-29)19(28)25-9-4-6-15(25)17(26)23-11-7-8-13(20)14(21)10-11/h7-8,10,12,15-16,29H,2-6,9H2,1H3,(H,23,26)(H,24,27)/t12-,15+,16-/m1/s1. The molecule has 3 N–H and O–H groups in total. The molecule has 1 aromatic carbocycles. The summed E-state index contributed by atoms with van der Waals surface area (Å²) in [5.41, 5.74) is 1.68. The molecule has 29 heavy (non-hydrogen) atoms. The Balaban J connectivity index is 2.15. The highest BCUT2D eigenvalue weighted by molar-refractivity contribution is 6.42. The largest absolute Gasteiger partial charge is 0.330 e. The molecule has 1 saturated heterocycles. The molecule has 1 heterocycles. The fraction of sp³-hybridized carbons (Fsp3) is 0.526. The fourth-order valence-electron chi connectivity index (χ4n) is 3.38. The van der Waals surface area contributed by atoms with Gasteiger partial charge in [-0.3, -0.25) is 19.6 Å². The van der Waals surface area contributed by atoms with Gasteiger partial charge in [0.25, 0.3) is 5.91 Å². The van der Waals surface area contributed by atoms with Crippen molar-refractivity contribution in [2.75, 3.05) is 11.9 Å². The van der Waals surface area contributed by atoms with E-state index in [9.17, 15) is 18.8 Å². The van der Waals surface area contributed by atoms with E-state index in [1.165, 1.54) is 16.4 Å². The molecule has 0 aliphatic carbocycles. The quantitative estimate of drug-likeness (QED) is 0.418. The van der Waals surface area contributed by atoms with Gasteiger partial charge in [0.1, 0.15) is 6.04 Å². The van der Waals surface area contributed by atoms with Crippen LogP contribution in [0.25, 0.3) is 0 Å². The first-order valence-corrected chi connectivity index (χ1v) is 10.2. The fourth-order valence-corrected chi connectivity index (χ4v) is 3.68. The summed E-state index contributed by atoms with van der Waals surface area (Å²) in [7, 11) is 0. The average Bonchev–Trinajstić information content (AvgIpc) is 3.20. The van der Waals surface area contributed by atoms with Crippen molar-refractivity contribution in [1.82, 2.24) is 10.4 Å². The maximum atomic E-state index is 14.5. The summed E-state index contributed by atoms with van der Waals surface area (Å²) < 4.78 is 14.5. The molecule has 1 fully saturated rings. The number of halogens is 3. The van der Waals surface area contributed by atoms with Crippen LogP contribution in [0.3, 0.4) is 0 Å². The number of anilines is 1. The zero-order valence-electron chi connectivity index (χ0n) is 16.0. The second-order valence-electron chi connectivity index (χ2n) is 6.93. The zero-order valence-corrected chi connectivity index (χ0v) is 17.5. The van der Waals surface area contributed by atoms with Gasteiger partial charge in [-0.05, 0) is 37.5 Å². The lowest BCUT2D eigenvalue weighted by molar-refractivity contribution is -0.148. The first-order valence-electron chi connectivity index (χ1n) is 9.44. The Labute approximate surface area is 178 Å². The summed E-state index contributed by atoms with van der Waals surface area (Å²) in [6, 6.07) is 3.83. The molecule has 1 aliphatic heterocycles. The van der Waals surface area contributed by atoms with Crippen LogP contribution in [-0.4, -0.2) is 46.6 Å². The number of hydrogen-bond donors (Lipinski definition) is 3. The number of likely N-dealkylation sites (tertiary alicyclic amines) is 1. The maximum Gasteiger partial charge on any atom is 0.278 e. The van der Waals surface area contributed by atoms with E-state index in [-0.39, 0.29) is 18.0 Å². The molecule has 0 saturated carbocycles. The van der Waals surface area contributed by atoms with Gasteiger partial charge in [-0.15, -0.1) is 0 Å². The van der Waals surface area contributed by atoms with Gasteiger partial charge in [0.15, 0.2) is 6.17 Å². The number of rotatable bonds is 8. The molecular formula is C19H24Cl2FN3O4. The summed E-state index contributed by atoms with van der Waals surface area (Å²) in [5.74, 6) is -3.57. The number of nitrogens with one attached hydrogen (secondary N) is 2. The molecule has 160 valence electrons. The molecule has 0 unspecified atom stereocenters. The molecule has 0 spiro atoms. The maximum absolute atomic E-state index is 14.5. The second-order valence-corrected chi connectivity index (χ2v) is 7.75. The van der Waals surface area contributed by atoms with Crippen molar-refractivity contribution >= 4 is 46.6 Å². The molecule has 1 aliphatic rings. The van der Waals surface area contributed by atoms with Gasteiger partial charge in [0.2, 0.25) is 11.8 Å². The summed E-state index contributed by atoms with van der Waals surface area (Å²) in [6.45, 7) is 2.17. The number of carbonyl (C=O) groups excluding carboxylic acids is 3. The average molecular weight is 448 g/mol. The molecule has 1 aromatic rings. The van der Waals surface area contributed by atoms with Crippen molar-refractivity contribution in [3.63, 3.8) is 0 Å². The van der Waals surface area contributed by atoms with Gasteiger partial charge in [-0.1, -0.05) is 43.0 Å². The number of benzene rings is 1. The Morgan fingerprint density at radius 3 is 2.66 bits per heavy atom. The lowest BCUT2D eigenvalue weighted by Crippen LogP contribution is -2.49. The third-order valence-corrected chi connectivity index (χ3v) is 5.66. The van der Waals surface area contributed by atoms with E-state index < -0.39 is 35.9 Å². The Morgan fingerprint density at radius 2 is 2.03 bits per heavy atom. The van der Waals surface area contributed by atoms with Crippen LogP contribution in [0.15, 0.2) is 18.2 Å². The summed E-state index contributed by atoms with van der Waals surface area (Å²) in [5, 5.41) is 12.0. The van der Waals surface area contributed by atoms with Crippen LogP contribution in [0.2, 0.25) is 10.0 Å². The van der Waals surface area contributed by atoms with Crippen LogP contribution in [0.1, 0.15) is 39.0 Å². The normalized spacial score (nSPS) is 18.2. The van der Waals surface area contributed by atoms with Crippen LogP contribution in [-0.2, 0) is 14.4 Å². The monoisotopic (exact) mass is 447 g/mol. The predicted molar refractivity (Wildman–Crippen MR) is 108 cm³/mol. The van der Waals surface area contributed by atoms with Crippen LogP contribution in [0, 0.1) is 5.92 Å². The van der Waals surface area contributed by atoms with E-state index in [0.29, 0.717) is 36.4 Å². The minimum atomic E-state index is -2.20. The number of nitrogens with zero attached hydrogens (tertiary/aromatic N) is 1. The van der Waals surface area contributed by atoms with Crippen molar-refractivity contribution in [2.24, 2.45) is 5.92 Å². The van der Waals surface area contributed by atoms with E-state index in [4.69, 9.17) is 28.4 Å². The van der Waals surface area contributed by atoms with E-state index in [1.54, 1.807) is 12.1 Å². The molecule has 0 bridgehead atoms. The van der Waals surface area contributed by atoms with Crippen molar-refractivity contribution in [2.45, 2.75) is 51.2 Å². The van der Waals surface area contributed by atoms with Crippen LogP contribution in [0.4, 0.5) is 10.1 Å². The SMILES string of the molecule is CCCC[C@@H](C(=O)N1CCC[C@H]1C(=O)Nc1ccc(Cl)c(Cl)c1)[C@@H](F)C(=O)NO. The second kappa shape index (κ2) is 10.8. The number of carbonyl (C=O) groups is 3. The molecular weight excluding hydrogens is 424 g/mol. The number of unbranched alkanes of at least 4 members (excludes halogenated alkanes) is 1. The van der Waals surface area contributed by atoms with E-state index >= 15 is 0 Å². The van der Waals surface area contributed by atoms with Crippen LogP contribution in [0.5, 0.6) is 0 Å². The highest BCUT2D eigenvalue weighted by Gasteiger charge is 2.41. The van der Waals surface area contributed by atoms with Gasteiger partial charge < -0.3 is 10.2 Å². The van der Waals surface area contributed by atoms with Gasteiger partial charge >= 0.3 is 0 Å².